The lowest BCUT2D eigenvalue weighted by Crippen LogP contribution is -2.07. The van der Waals surface area contributed by atoms with Crippen molar-refractivity contribution in [3.63, 3.8) is 0 Å². The van der Waals surface area contributed by atoms with E-state index in [9.17, 15) is 4.79 Å². The Bertz CT molecular complexity index is 347. The molecule has 0 N–H and O–H groups in total. The lowest BCUT2D eigenvalue weighted by atomic mass is 10.2. The van der Waals surface area contributed by atoms with E-state index in [2.05, 4.69) is 4.74 Å². The molecule has 0 amide bonds. The van der Waals surface area contributed by atoms with E-state index in [1.165, 1.54) is 7.11 Å². The third-order valence-electron chi connectivity index (χ3n) is 2.87. The van der Waals surface area contributed by atoms with Crippen LogP contribution in [0.25, 0.3) is 0 Å². The Morgan fingerprint density at radius 1 is 1.38 bits per heavy atom. The molecule has 0 bridgehead atoms. The Kier molecular flexibility index (Phi) is 3.57. The van der Waals surface area contributed by atoms with Crippen LogP contribution in [-0.2, 0) is 20.9 Å². The summed E-state index contributed by atoms with van der Waals surface area (Å²) in [5.74, 6) is 0.324. The van der Waals surface area contributed by atoms with Gasteiger partial charge in [-0.2, -0.15) is 0 Å². The monoisotopic (exact) mass is 220 g/mol. The summed E-state index contributed by atoms with van der Waals surface area (Å²) in [6.07, 6.45) is 0.904. The van der Waals surface area contributed by atoms with E-state index in [1.54, 1.807) is 0 Å². The normalized spacial score (nSPS) is 22.8. The number of carbonyl (C=O) groups is 1. The predicted molar refractivity (Wildman–Crippen MR) is 59.7 cm³/mol. The highest BCUT2D eigenvalue weighted by molar-refractivity contribution is 5.75. The van der Waals surface area contributed by atoms with Crippen molar-refractivity contribution in [2.75, 3.05) is 13.7 Å². The summed E-state index contributed by atoms with van der Waals surface area (Å²) in [6.45, 7) is 1.26. The van der Waals surface area contributed by atoms with Crippen LogP contribution in [0.4, 0.5) is 0 Å². The lowest BCUT2D eigenvalue weighted by Gasteiger charge is -2.03. The second-order valence-corrected chi connectivity index (χ2v) is 4.13. The van der Waals surface area contributed by atoms with Gasteiger partial charge in [0.2, 0.25) is 0 Å². The summed E-state index contributed by atoms with van der Waals surface area (Å²) >= 11 is 0. The largest absolute Gasteiger partial charge is 0.469 e. The molecule has 0 radical (unpaired) electrons. The Morgan fingerprint density at radius 2 is 2.12 bits per heavy atom. The first-order chi connectivity index (χ1) is 7.81. The van der Waals surface area contributed by atoms with Gasteiger partial charge in [0.25, 0.3) is 0 Å². The minimum Gasteiger partial charge on any atom is -0.469 e. The fourth-order valence-corrected chi connectivity index (χ4v) is 1.77. The second kappa shape index (κ2) is 5.12. The smallest absolute Gasteiger partial charge is 0.309 e. The van der Waals surface area contributed by atoms with Crippen molar-refractivity contribution < 1.29 is 14.3 Å². The van der Waals surface area contributed by atoms with Crippen molar-refractivity contribution in [2.24, 2.45) is 11.8 Å². The fourth-order valence-electron chi connectivity index (χ4n) is 1.77. The third kappa shape index (κ3) is 2.83. The Morgan fingerprint density at radius 3 is 2.81 bits per heavy atom. The zero-order chi connectivity index (χ0) is 11.4. The van der Waals surface area contributed by atoms with E-state index in [0.29, 0.717) is 19.1 Å². The van der Waals surface area contributed by atoms with Gasteiger partial charge >= 0.3 is 5.97 Å². The third-order valence-corrected chi connectivity index (χ3v) is 2.87. The molecule has 0 saturated heterocycles. The molecule has 2 rings (SSSR count). The van der Waals surface area contributed by atoms with Gasteiger partial charge in [0.05, 0.1) is 26.2 Å². The minimum absolute atomic E-state index is 0.0702. The lowest BCUT2D eigenvalue weighted by molar-refractivity contribution is -0.142. The van der Waals surface area contributed by atoms with Gasteiger partial charge < -0.3 is 9.47 Å². The van der Waals surface area contributed by atoms with E-state index in [0.717, 1.165) is 12.0 Å². The van der Waals surface area contributed by atoms with Gasteiger partial charge in [-0.05, 0) is 17.9 Å². The van der Waals surface area contributed by atoms with Crippen LogP contribution < -0.4 is 0 Å². The minimum atomic E-state index is -0.103. The van der Waals surface area contributed by atoms with Gasteiger partial charge in [-0.1, -0.05) is 30.3 Å². The van der Waals surface area contributed by atoms with Gasteiger partial charge in [-0.3, -0.25) is 4.79 Å². The van der Waals surface area contributed by atoms with E-state index >= 15 is 0 Å². The molecule has 16 heavy (non-hydrogen) atoms. The van der Waals surface area contributed by atoms with E-state index < -0.39 is 0 Å². The molecule has 0 spiro atoms. The molecule has 0 heterocycles. The van der Waals surface area contributed by atoms with Gasteiger partial charge in [0.1, 0.15) is 0 Å². The van der Waals surface area contributed by atoms with E-state index in [1.807, 2.05) is 30.3 Å². The highest BCUT2D eigenvalue weighted by Crippen LogP contribution is 2.39. The standard InChI is InChI=1S/C13H16O3/c1-15-13(14)12-7-11(12)9-16-8-10-5-3-2-4-6-10/h2-6,11-12H,7-9H2,1H3. The number of ether oxygens (including phenoxy) is 2. The molecule has 3 heteroatoms. The molecule has 0 aliphatic heterocycles. The predicted octanol–water partition coefficient (Wildman–Crippen LogP) is 2.01. The van der Waals surface area contributed by atoms with Gasteiger partial charge in [-0.25, -0.2) is 0 Å². The van der Waals surface area contributed by atoms with Crippen LogP contribution in [-0.4, -0.2) is 19.7 Å². The highest BCUT2D eigenvalue weighted by atomic mass is 16.5. The molecule has 2 unspecified atom stereocenters. The van der Waals surface area contributed by atoms with Crippen LogP contribution >= 0.6 is 0 Å². The van der Waals surface area contributed by atoms with Crippen LogP contribution in [0.1, 0.15) is 12.0 Å². The van der Waals surface area contributed by atoms with Crippen molar-refractivity contribution in [1.82, 2.24) is 0 Å². The van der Waals surface area contributed by atoms with Gasteiger partial charge in [0, 0.05) is 0 Å². The van der Waals surface area contributed by atoms with E-state index in [4.69, 9.17) is 4.74 Å². The molecule has 86 valence electrons. The molecule has 1 fully saturated rings. The number of hydrogen-bond donors (Lipinski definition) is 0. The first-order valence-corrected chi connectivity index (χ1v) is 5.50. The maximum atomic E-state index is 11.1. The average Bonchev–Trinajstić information content (AvgIpc) is 3.09. The molecule has 1 aromatic carbocycles. The Balaban J connectivity index is 1.65. The summed E-state index contributed by atoms with van der Waals surface area (Å²) < 4.78 is 10.2. The van der Waals surface area contributed by atoms with Crippen LogP contribution in [0.15, 0.2) is 30.3 Å². The SMILES string of the molecule is COC(=O)C1CC1COCc1ccccc1. The zero-order valence-electron chi connectivity index (χ0n) is 9.39. The first-order valence-electron chi connectivity index (χ1n) is 5.50. The molecule has 1 aliphatic rings. The van der Waals surface area contributed by atoms with Crippen molar-refractivity contribution in [3.8, 4) is 0 Å². The Hall–Kier alpha value is -1.35. The van der Waals surface area contributed by atoms with Crippen molar-refractivity contribution in [2.45, 2.75) is 13.0 Å². The van der Waals surface area contributed by atoms with Gasteiger partial charge in [0.15, 0.2) is 0 Å². The summed E-state index contributed by atoms with van der Waals surface area (Å²) in [4.78, 5) is 11.1. The summed E-state index contributed by atoms with van der Waals surface area (Å²) in [7, 11) is 1.43. The van der Waals surface area contributed by atoms with Crippen molar-refractivity contribution in [1.29, 1.82) is 0 Å². The van der Waals surface area contributed by atoms with Crippen LogP contribution in [0.2, 0.25) is 0 Å². The molecule has 1 aromatic rings. The molecule has 1 saturated carbocycles. The maximum Gasteiger partial charge on any atom is 0.309 e. The number of benzene rings is 1. The van der Waals surface area contributed by atoms with Crippen molar-refractivity contribution >= 4 is 5.97 Å². The number of carbonyl (C=O) groups excluding carboxylic acids is 1. The van der Waals surface area contributed by atoms with Crippen LogP contribution in [0.5, 0.6) is 0 Å². The van der Waals surface area contributed by atoms with Crippen LogP contribution in [0, 0.1) is 11.8 Å². The number of esters is 1. The van der Waals surface area contributed by atoms with E-state index in [-0.39, 0.29) is 11.9 Å². The zero-order valence-corrected chi connectivity index (χ0v) is 9.39. The second-order valence-electron chi connectivity index (χ2n) is 4.13. The highest BCUT2D eigenvalue weighted by Gasteiger charge is 2.43. The molecular weight excluding hydrogens is 204 g/mol. The fraction of sp³-hybridized carbons (Fsp3) is 0.462. The number of hydrogen-bond acceptors (Lipinski definition) is 3. The summed E-state index contributed by atoms with van der Waals surface area (Å²) in [5.41, 5.74) is 1.16. The number of methoxy groups -OCH3 is 1. The van der Waals surface area contributed by atoms with Crippen molar-refractivity contribution in [3.05, 3.63) is 35.9 Å². The van der Waals surface area contributed by atoms with Gasteiger partial charge in [-0.15, -0.1) is 0 Å². The average molecular weight is 220 g/mol. The topological polar surface area (TPSA) is 35.5 Å². The molecule has 0 aromatic heterocycles. The molecule has 3 nitrogen and oxygen atoms in total. The molecule has 2 atom stereocenters. The quantitative estimate of drug-likeness (QED) is 0.712. The Labute approximate surface area is 95.4 Å². The first kappa shape index (κ1) is 11.1. The maximum absolute atomic E-state index is 11.1. The number of rotatable bonds is 5. The van der Waals surface area contributed by atoms with Crippen LogP contribution in [0.3, 0.4) is 0 Å². The molecule has 1 aliphatic carbocycles. The summed E-state index contributed by atoms with van der Waals surface area (Å²) in [6, 6.07) is 10.0. The summed E-state index contributed by atoms with van der Waals surface area (Å²) in [5, 5.41) is 0. The molecular formula is C13H16O3.